The molecule has 0 aliphatic rings. The minimum atomic E-state index is -0.467. The van der Waals surface area contributed by atoms with Crippen molar-refractivity contribution in [3.8, 4) is 11.5 Å². The second kappa shape index (κ2) is 7.67. The molecule has 1 aromatic heterocycles. The van der Waals surface area contributed by atoms with Gasteiger partial charge >= 0.3 is 5.97 Å². The fraction of sp³-hybridized carbons (Fsp3) is 0.211. The maximum Gasteiger partial charge on any atom is 0.325 e. The van der Waals surface area contributed by atoms with Gasteiger partial charge in [0.05, 0.1) is 22.7 Å². The van der Waals surface area contributed by atoms with E-state index in [2.05, 4.69) is 0 Å². The van der Waals surface area contributed by atoms with Crippen molar-refractivity contribution >= 4 is 34.2 Å². The van der Waals surface area contributed by atoms with E-state index in [0.29, 0.717) is 33.1 Å². The number of non-ortho nitro benzene ring substituents is 1. The molecule has 0 radical (unpaired) electrons. The third-order valence-electron chi connectivity index (χ3n) is 4.09. The highest BCUT2D eigenvalue weighted by Crippen LogP contribution is 2.41. The zero-order valence-electron chi connectivity index (χ0n) is 14.8. The van der Waals surface area contributed by atoms with E-state index in [4.69, 9.17) is 21.1 Å². The summed E-state index contributed by atoms with van der Waals surface area (Å²) in [5.41, 5.74) is 1.02. The molecule has 0 unspecified atom stereocenters. The molecule has 1 heterocycles. The van der Waals surface area contributed by atoms with Crippen LogP contribution < -0.4 is 4.74 Å². The van der Waals surface area contributed by atoms with Crippen LogP contribution in [-0.4, -0.2) is 22.1 Å². The lowest BCUT2D eigenvalue weighted by molar-refractivity contribution is -0.383. The standard InChI is InChI=1S/C19H17ClN2O5/c1-3-26-17(23)11-21-12(2)19(27-14-9-7-13(20)8-10-14)18-15(21)5-4-6-16(18)22(24)25/h4-10H,3,11H2,1-2H3. The summed E-state index contributed by atoms with van der Waals surface area (Å²) in [6.45, 7) is 3.65. The highest BCUT2D eigenvalue weighted by atomic mass is 35.5. The number of nitro groups is 1. The van der Waals surface area contributed by atoms with Crippen molar-refractivity contribution in [1.82, 2.24) is 4.57 Å². The fourth-order valence-electron chi connectivity index (χ4n) is 2.91. The first-order chi connectivity index (χ1) is 12.9. The van der Waals surface area contributed by atoms with Gasteiger partial charge in [0.15, 0.2) is 5.75 Å². The van der Waals surface area contributed by atoms with Crippen molar-refractivity contribution in [1.29, 1.82) is 0 Å². The van der Waals surface area contributed by atoms with Gasteiger partial charge in [0.25, 0.3) is 5.69 Å². The number of hydrogen-bond acceptors (Lipinski definition) is 5. The van der Waals surface area contributed by atoms with Gasteiger partial charge in [-0.1, -0.05) is 17.7 Å². The molecule has 0 spiro atoms. The smallest absolute Gasteiger partial charge is 0.325 e. The Bertz CT molecular complexity index is 1010. The van der Waals surface area contributed by atoms with Gasteiger partial charge in [0.1, 0.15) is 17.7 Å². The SMILES string of the molecule is CCOC(=O)Cn1c(C)c(Oc2ccc(Cl)cc2)c2c([N+](=O)[O-])cccc21. The third-order valence-corrected chi connectivity index (χ3v) is 4.35. The minimum absolute atomic E-state index is 0.0681. The van der Waals surface area contributed by atoms with Crippen LogP contribution in [0.4, 0.5) is 5.69 Å². The molecule has 0 N–H and O–H groups in total. The summed E-state index contributed by atoms with van der Waals surface area (Å²) in [6, 6.07) is 11.4. The van der Waals surface area contributed by atoms with Gasteiger partial charge in [-0.2, -0.15) is 0 Å². The van der Waals surface area contributed by atoms with E-state index < -0.39 is 10.9 Å². The second-order valence-electron chi connectivity index (χ2n) is 5.79. The van der Waals surface area contributed by atoms with Crippen LogP contribution in [0.25, 0.3) is 10.9 Å². The van der Waals surface area contributed by atoms with Crippen molar-refractivity contribution in [3.05, 3.63) is 63.3 Å². The van der Waals surface area contributed by atoms with Crippen LogP contribution in [0.2, 0.25) is 5.02 Å². The summed E-state index contributed by atoms with van der Waals surface area (Å²) in [5, 5.41) is 12.4. The molecule has 0 saturated heterocycles. The molecule has 0 fully saturated rings. The van der Waals surface area contributed by atoms with Gasteiger partial charge in [0.2, 0.25) is 0 Å². The molecule has 3 aromatic rings. The Morgan fingerprint density at radius 2 is 1.93 bits per heavy atom. The van der Waals surface area contributed by atoms with Crippen LogP contribution in [-0.2, 0) is 16.1 Å². The number of nitrogens with zero attached hydrogens (tertiary/aromatic N) is 2. The maximum absolute atomic E-state index is 12.0. The predicted molar refractivity (Wildman–Crippen MR) is 101 cm³/mol. The molecule has 7 nitrogen and oxygen atoms in total. The quantitative estimate of drug-likeness (QED) is 0.342. The Kier molecular flexibility index (Phi) is 5.32. The Labute approximate surface area is 160 Å². The lowest BCUT2D eigenvalue weighted by Gasteiger charge is -2.09. The average molecular weight is 389 g/mol. The highest BCUT2D eigenvalue weighted by molar-refractivity contribution is 6.30. The van der Waals surface area contributed by atoms with Gasteiger partial charge in [-0.05, 0) is 44.2 Å². The lowest BCUT2D eigenvalue weighted by atomic mass is 10.2. The van der Waals surface area contributed by atoms with E-state index in [0.717, 1.165) is 0 Å². The van der Waals surface area contributed by atoms with Crippen molar-refractivity contribution in [3.63, 3.8) is 0 Å². The van der Waals surface area contributed by atoms with E-state index in [9.17, 15) is 14.9 Å². The monoisotopic (exact) mass is 388 g/mol. The average Bonchev–Trinajstić information content (AvgIpc) is 2.89. The molecule has 0 aliphatic heterocycles. The summed E-state index contributed by atoms with van der Waals surface area (Å²) in [6.07, 6.45) is 0. The molecule has 8 heteroatoms. The molecule has 140 valence electrons. The number of benzene rings is 2. The molecule has 0 aliphatic carbocycles. The molecule has 0 bridgehead atoms. The van der Waals surface area contributed by atoms with Gasteiger partial charge in [-0.15, -0.1) is 0 Å². The highest BCUT2D eigenvalue weighted by Gasteiger charge is 2.25. The van der Waals surface area contributed by atoms with E-state index in [1.165, 1.54) is 6.07 Å². The van der Waals surface area contributed by atoms with E-state index in [-0.39, 0.29) is 18.8 Å². The van der Waals surface area contributed by atoms with E-state index in [1.54, 1.807) is 54.8 Å². The number of nitro benzene ring substituents is 1. The van der Waals surface area contributed by atoms with E-state index >= 15 is 0 Å². The molecule has 27 heavy (non-hydrogen) atoms. The topological polar surface area (TPSA) is 83.6 Å². The maximum atomic E-state index is 12.0. The second-order valence-corrected chi connectivity index (χ2v) is 6.23. The van der Waals surface area contributed by atoms with Crippen LogP contribution in [0.3, 0.4) is 0 Å². The number of rotatable bonds is 6. The van der Waals surface area contributed by atoms with Crippen LogP contribution >= 0.6 is 11.6 Å². The summed E-state index contributed by atoms with van der Waals surface area (Å²) in [4.78, 5) is 23.1. The number of esters is 1. The summed E-state index contributed by atoms with van der Waals surface area (Å²) in [7, 11) is 0. The molecular weight excluding hydrogens is 372 g/mol. The Morgan fingerprint density at radius 3 is 2.56 bits per heavy atom. The van der Waals surface area contributed by atoms with Crippen LogP contribution in [0.5, 0.6) is 11.5 Å². The van der Waals surface area contributed by atoms with Crippen molar-refractivity contribution in [2.45, 2.75) is 20.4 Å². The molecule has 0 saturated carbocycles. The number of ether oxygens (including phenoxy) is 2. The van der Waals surface area contributed by atoms with Crippen molar-refractivity contribution in [2.24, 2.45) is 0 Å². The minimum Gasteiger partial charge on any atom is -0.465 e. The number of hydrogen-bond donors (Lipinski definition) is 0. The summed E-state index contributed by atoms with van der Waals surface area (Å²) in [5.74, 6) is 0.377. The molecule has 3 rings (SSSR count). The zero-order valence-corrected chi connectivity index (χ0v) is 15.5. The van der Waals surface area contributed by atoms with Gasteiger partial charge in [0, 0.05) is 11.1 Å². The Hall–Kier alpha value is -3.06. The molecular formula is C19H17ClN2O5. The third kappa shape index (κ3) is 3.73. The predicted octanol–water partition coefficient (Wildman–Crippen LogP) is 4.87. The zero-order chi connectivity index (χ0) is 19.6. The first-order valence-corrected chi connectivity index (χ1v) is 8.65. The van der Waals surface area contributed by atoms with Gasteiger partial charge < -0.3 is 14.0 Å². The Morgan fingerprint density at radius 1 is 1.22 bits per heavy atom. The summed E-state index contributed by atoms with van der Waals surface area (Å²) >= 11 is 5.90. The number of halogens is 1. The van der Waals surface area contributed by atoms with Crippen LogP contribution in [0, 0.1) is 17.0 Å². The van der Waals surface area contributed by atoms with Crippen LogP contribution in [0.15, 0.2) is 42.5 Å². The first-order valence-electron chi connectivity index (χ1n) is 8.27. The van der Waals surface area contributed by atoms with Crippen LogP contribution in [0.1, 0.15) is 12.6 Å². The van der Waals surface area contributed by atoms with Crippen molar-refractivity contribution in [2.75, 3.05) is 6.61 Å². The normalized spacial score (nSPS) is 10.8. The van der Waals surface area contributed by atoms with Gasteiger partial charge in [-0.25, -0.2) is 0 Å². The van der Waals surface area contributed by atoms with Gasteiger partial charge in [-0.3, -0.25) is 14.9 Å². The lowest BCUT2D eigenvalue weighted by Crippen LogP contribution is -2.14. The number of carbonyl (C=O) groups is 1. The molecule has 0 atom stereocenters. The molecule has 0 amide bonds. The Balaban J connectivity index is 2.18. The molecule has 2 aromatic carbocycles. The number of aromatic nitrogens is 1. The summed E-state index contributed by atoms with van der Waals surface area (Å²) < 4.78 is 12.6. The largest absolute Gasteiger partial charge is 0.465 e. The van der Waals surface area contributed by atoms with E-state index in [1.807, 2.05) is 0 Å². The number of fused-ring (bicyclic) bond motifs is 1. The first kappa shape index (κ1) is 18.7. The fourth-order valence-corrected chi connectivity index (χ4v) is 3.03. The van der Waals surface area contributed by atoms with Crippen molar-refractivity contribution < 1.29 is 19.2 Å². The number of carbonyl (C=O) groups excluding carboxylic acids is 1.